The Kier molecular flexibility index (Phi) is 3.20. The van der Waals surface area contributed by atoms with Crippen LogP contribution in [0.3, 0.4) is 0 Å². The average Bonchev–Trinajstić information content (AvgIpc) is 3.13. The molecule has 2 atom stereocenters. The van der Waals surface area contributed by atoms with Gasteiger partial charge >= 0.3 is 0 Å². The van der Waals surface area contributed by atoms with E-state index in [2.05, 4.69) is 66.7 Å². The molecule has 4 rings (SSSR count). The van der Waals surface area contributed by atoms with Crippen molar-refractivity contribution in [2.24, 2.45) is 11.8 Å². The minimum atomic E-state index is -0.306. The van der Waals surface area contributed by atoms with Crippen LogP contribution in [0, 0.1) is 11.8 Å². The molecule has 0 aromatic heterocycles. The molecular formula is C19H19P. The van der Waals surface area contributed by atoms with E-state index < -0.39 is 0 Å². The van der Waals surface area contributed by atoms with Crippen molar-refractivity contribution in [2.45, 2.75) is 19.3 Å². The molecule has 2 aromatic carbocycles. The smallest absolute Gasteiger partial charge is 0.0148 e. The number of hydrogen-bond donors (Lipinski definition) is 0. The molecule has 0 radical (unpaired) electrons. The van der Waals surface area contributed by atoms with Gasteiger partial charge in [0.05, 0.1) is 0 Å². The van der Waals surface area contributed by atoms with E-state index in [9.17, 15) is 0 Å². The van der Waals surface area contributed by atoms with Gasteiger partial charge in [-0.3, -0.25) is 0 Å². The Hall–Kier alpha value is -1.39. The molecule has 2 aliphatic rings. The fourth-order valence-electron chi connectivity index (χ4n) is 3.67. The standard InChI is InChI=1S/C19H19P/c1-3-7-17(8-4-1)20(18-9-5-2-6-10-18)19-14-15-11-12-16(19)13-15/h1-10,14-16H,11-13H2/t15?,16-/m0/s1. The van der Waals surface area contributed by atoms with Crippen molar-refractivity contribution in [3.05, 3.63) is 72.1 Å². The van der Waals surface area contributed by atoms with Gasteiger partial charge in [0, 0.05) is 0 Å². The SMILES string of the molecule is C1=C(P(c2ccccc2)c2ccccc2)[C@H]2CCC1C2. The Labute approximate surface area is 122 Å². The van der Waals surface area contributed by atoms with Crippen molar-refractivity contribution >= 4 is 18.5 Å². The van der Waals surface area contributed by atoms with Gasteiger partial charge in [-0.2, -0.15) is 0 Å². The zero-order valence-electron chi connectivity index (χ0n) is 11.6. The van der Waals surface area contributed by atoms with E-state index in [1.54, 1.807) is 5.31 Å². The Morgan fingerprint density at radius 1 is 0.750 bits per heavy atom. The Morgan fingerprint density at radius 2 is 1.35 bits per heavy atom. The second kappa shape index (κ2) is 5.19. The van der Waals surface area contributed by atoms with E-state index in [1.807, 2.05) is 0 Å². The van der Waals surface area contributed by atoms with E-state index in [0.717, 1.165) is 11.8 Å². The maximum atomic E-state index is 2.61. The lowest BCUT2D eigenvalue weighted by molar-refractivity contribution is 0.685. The van der Waals surface area contributed by atoms with Crippen LogP contribution >= 0.6 is 7.92 Å². The average molecular weight is 278 g/mol. The second-order valence-electron chi connectivity index (χ2n) is 5.87. The molecule has 0 spiro atoms. The topological polar surface area (TPSA) is 0 Å². The predicted molar refractivity (Wildman–Crippen MR) is 88.0 cm³/mol. The van der Waals surface area contributed by atoms with Gasteiger partial charge in [-0.25, -0.2) is 0 Å². The first-order valence-corrected chi connectivity index (χ1v) is 8.88. The number of allylic oxidation sites excluding steroid dienone is 2. The molecule has 0 N–H and O–H groups in total. The molecule has 1 saturated carbocycles. The van der Waals surface area contributed by atoms with Crippen molar-refractivity contribution in [1.82, 2.24) is 0 Å². The highest BCUT2D eigenvalue weighted by molar-refractivity contribution is 7.76. The summed E-state index contributed by atoms with van der Waals surface area (Å²) in [6.45, 7) is 0. The van der Waals surface area contributed by atoms with Crippen molar-refractivity contribution in [3.63, 3.8) is 0 Å². The van der Waals surface area contributed by atoms with Crippen LogP contribution in [0.2, 0.25) is 0 Å². The van der Waals surface area contributed by atoms with Crippen LogP contribution in [-0.2, 0) is 0 Å². The van der Waals surface area contributed by atoms with E-state index >= 15 is 0 Å². The molecule has 0 amide bonds. The largest absolute Gasteiger partial charge is 0.0768 e. The summed E-state index contributed by atoms with van der Waals surface area (Å²) in [4.78, 5) is 0. The van der Waals surface area contributed by atoms with Crippen LogP contribution in [-0.4, -0.2) is 0 Å². The lowest BCUT2D eigenvalue weighted by Gasteiger charge is -2.25. The lowest BCUT2D eigenvalue weighted by Crippen LogP contribution is -2.15. The summed E-state index contributed by atoms with van der Waals surface area (Å²) in [6, 6.07) is 22.2. The molecule has 2 aromatic rings. The van der Waals surface area contributed by atoms with Crippen molar-refractivity contribution < 1.29 is 0 Å². The molecular weight excluding hydrogens is 259 g/mol. The Balaban J connectivity index is 1.80. The molecule has 0 aliphatic heterocycles. The second-order valence-corrected chi connectivity index (χ2v) is 8.09. The van der Waals surface area contributed by atoms with Gasteiger partial charge in [-0.05, 0) is 54.9 Å². The summed E-state index contributed by atoms with van der Waals surface area (Å²) in [5.74, 6) is 1.72. The third-order valence-corrected chi connectivity index (χ3v) is 7.24. The predicted octanol–water partition coefficient (Wildman–Crippen LogP) is 4.43. The molecule has 1 unspecified atom stereocenters. The van der Waals surface area contributed by atoms with E-state index in [0.29, 0.717) is 0 Å². The van der Waals surface area contributed by atoms with Crippen LogP contribution in [0.5, 0.6) is 0 Å². The van der Waals surface area contributed by atoms with Crippen molar-refractivity contribution in [3.8, 4) is 0 Å². The van der Waals surface area contributed by atoms with Crippen LogP contribution in [0.1, 0.15) is 19.3 Å². The molecule has 1 heteroatoms. The highest BCUT2D eigenvalue weighted by atomic mass is 31.1. The summed E-state index contributed by atoms with van der Waals surface area (Å²) >= 11 is 0. The van der Waals surface area contributed by atoms with Crippen LogP contribution in [0.4, 0.5) is 0 Å². The molecule has 0 nitrogen and oxygen atoms in total. The number of fused-ring (bicyclic) bond motifs is 2. The molecule has 0 heterocycles. The van der Waals surface area contributed by atoms with Gasteiger partial charge in [-0.15, -0.1) is 0 Å². The first-order chi connectivity index (χ1) is 9.92. The first kappa shape index (κ1) is 12.4. The highest BCUT2D eigenvalue weighted by Gasteiger charge is 2.37. The minimum absolute atomic E-state index is 0.306. The summed E-state index contributed by atoms with van der Waals surface area (Å²) in [6.07, 6.45) is 6.85. The molecule has 2 aliphatic carbocycles. The fraction of sp³-hybridized carbons (Fsp3) is 0.263. The molecule has 20 heavy (non-hydrogen) atoms. The zero-order valence-corrected chi connectivity index (χ0v) is 12.5. The summed E-state index contributed by atoms with van der Waals surface area (Å²) < 4.78 is 0. The maximum absolute atomic E-state index is 2.61. The van der Waals surface area contributed by atoms with Gasteiger partial charge in [0.2, 0.25) is 0 Å². The normalized spacial score (nSPS) is 24.1. The molecule has 100 valence electrons. The van der Waals surface area contributed by atoms with E-state index in [-0.39, 0.29) is 7.92 Å². The monoisotopic (exact) mass is 278 g/mol. The van der Waals surface area contributed by atoms with Gasteiger partial charge in [0.25, 0.3) is 0 Å². The van der Waals surface area contributed by atoms with Gasteiger partial charge in [0.1, 0.15) is 0 Å². The zero-order chi connectivity index (χ0) is 13.4. The molecule has 1 fully saturated rings. The first-order valence-electron chi connectivity index (χ1n) is 7.54. The van der Waals surface area contributed by atoms with Crippen LogP contribution < -0.4 is 10.6 Å². The minimum Gasteiger partial charge on any atom is -0.0768 e. The van der Waals surface area contributed by atoms with E-state index in [1.165, 1.54) is 29.9 Å². The highest BCUT2D eigenvalue weighted by Crippen LogP contribution is 2.57. The van der Waals surface area contributed by atoms with Gasteiger partial charge in [-0.1, -0.05) is 66.7 Å². The fourth-order valence-corrected chi connectivity index (χ4v) is 6.47. The van der Waals surface area contributed by atoms with Crippen LogP contribution in [0.15, 0.2) is 72.1 Å². The van der Waals surface area contributed by atoms with Crippen molar-refractivity contribution in [2.75, 3.05) is 0 Å². The molecule has 0 saturated heterocycles. The van der Waals surface area contributed by atoms with Crippen LogP contribution in [0.25, 0.3) is 0 Å². The summed E-state index contributed by atoms with van der Waals surface area (Å²) in [5.41, 5.74) is 0. The number of rotatable bonds is 3. The van der Waals surface area contributed by atoms with Gasteiger partial charge < -0.3 is 0 Å². The Morgan fingerprint density at radius 3 is 1.80 bits per heavy atom. The van der Waals surface area contributed by atoms with Crippen molar-refractivity contribution in [1.29, 1.82) is 0 Å². The lowest BCUT2D eigenvalue weighted by atomic mass is 10.1. The number of benzene rings is 2. The maximum Gasteiger partial charge on any atom is -0.0148 e. The third kappa shape index (κ3) is 2.13. The Bertz CT molecular complexity index is 575. The third-order valence-electron chi connectivity index (χ3n) is 4.58. The summed E-state index contributed by atoms with van der Waals surface area (Å²) in [7, 11) is -0.306. The quantitative estimate of drug-likeness (QED) is 0.728. The van der Waals surface area contributed by atoms with Gasteiger partial charge in [0.15, 0.2) is 0 Å². The molecule has 2 bridgehead atoms. The summed E-state index contributed by atoms with van der Waals surface area (Å²) in [5, 5.41) is 4.76. The number of hydrogen-bond acceptors (Lipinski definition) is 0. The van der Waals surface area contributed by atoms with E-state index in [4.69, 9.17) is 0 Å².